The second-order valence-electron chi connectivity index (χ2n) is 6.99. The Labute approximate surface area is 172 Å². The molecule has 2 aromatic heterocycles. The molecular formula is C23H21N3O2S. The number of rotatable bonds is 6. The Morgan fingerprint density at radius 1 is 1.07 bits per heavy atom. The van der Waals surface area contributed by atoms with Crippen LogP contribution in [0.15, 0.2) is 70.6 Å². The lowest BCUT2D eigenvalue weighted by Gasteiger charge is -2.13. The standard InChI is InChI=1S/C23H21N3O2S/c1-15-12-19(16(2)24-15)21(27)14-29-23-25-20-11-7-6-10-18(20)22(28)26(23)13-17-8-4-3-5-9-17/h3-12,24H,13-14H2,1-2H3. The molecule has 0 aliphatic rings. The van der Waals surface area contributed by atoms with Gasteiger partial charge in [0.1, 0.15) is 0 Å². The molecule has 0 atom stereocenters. The molecule has 4 rings (SSSR count). The lowest BCUT2D eigenvalue weighted by atomic mass is 10.2. The minimum atomic E-state index is -0.0944. The number of para-hydroxylation sites is 1. The number of carbonyl (C=O) groups excluding carboxylic acids is 1. The van der Waals surface area contributed by atoms with Crippen LogP contribution in [-0.4, -0.2) is 26.1 Å². The third kappa shape index (κ3) is 4.03. The fourth-order valence-corrected chi connectivity index (χ4v) is 4.27. The Morgan fingerprint density at radius 2 is 1.79 bits per heavy atom. The number of hydrogen-bond donors (Lipinski definition) is 1. The van der Waals surface area contributed by atoms with Gasteiger partial charge in [-0.05, 0) is 37.6 Å². The monoisotopic (exact) mass is 403 g/mol. The van der Waals surface area contributed by atoms with Gasteiger partial charge in [-0.15, -0.1) is 0 Å². The Balaban J connectivity index is 1.70. The zero-order chi connectivity index (χ0) is 20.4. The predicted molar refractivity (Wildman–Crippen MR) is 117 cm³/mol. The smallest absolute Gasteiger partial charge is 0.262 e. The number of H-pyrrole nitrogens is 1. The minimum absolute atomic E-state index is 0.0190. The first-order valence-corrected chi connectivity index (χ1v) is 10.4. The van der Waals surface area contributed by atoms with E-state index in [-0.39, 0.29) is 17.1 Å². The highest BCUT2D eigenvalue weighted by Crippen LogP contribution is 2.21. The SMILES string of the molecule is Cc1cc(C(=O)CSc2nc3ccccc3c(=O)n2Cc2ccccc2)c(C)[nH]1. The average molecular weight is 404 g/mol. The van der Waals surface area contributed by atoms with Crippen LogP contribution in [0, 0.1) is 13.8 Å². The van der Waals surface area contributed by atoms with Crippen molar-refractivity contribution in [3.05, 3.63) is 93.5 Å². The molecule has 6 heteroatoms. The van der Waals surface area contributed by atoms with Gasteiger partial charge in [0.05, 0.1) is 23.2 Å². The number of aryl methyl sites for hydroxylation is 2. The van der Waals surface area contributed by atoms with E-state index in [4.69, 9.17) is 4.98 Å². The van der Waals surface area contributed by atoms with Crippen LogP contribution in [0.1, 0.15) is 27.3 Å². The van der Waals surface area contributed by atoms with Crippen molar-refractivity contribution in [2.45, 2.75) is 25.5 Å². The highest BCUT2D eigenvalue weighted by atomic mass is 32.2. The van der Waals surface area contributed by atoms with Crippen LogP contribution in [0.2, 0.25) is 0 Å². The normalized spacial score (nSPS) is 11.1. The van der Waals surface area contributed by atoms with Gasteiger partial charge in [-0.1, -0.05) is 54.2 Å². The van der Waals surface area contributed by atoms with Gasteiger partial charge in [-0.2, -0.15) is 0 Å². The molecule has 0 spiro atoms. The van der Waals surface area contributed by atoms with Crippen molar-refractivity contribution in [2.24, 2.45) is 0 Å². The van der Waals surface area contributed by atoms with Gasteiger partial charge in [0, 0.05) is 17.0 Å². The van der Waals surface area contributed by atoms with Crippen LogP contribution in [0.4, 0.5) is 0 Å². The lowest BCUT2D eigenvalue weighted by Crippen LogP contribution is -2.24. The highest BCUT2D eigenvalue weighted by molar-refractivity contribution is 7.99. The molecule has 0 fully saturated rings. The van der Waals surface area contributed by atoms with Gasteiger partial charge >= 0.3 is 0 Å². The zero-order valence-electron chi connectivity index (χ0n) is 16.3. The van der Waals surface area contributed by atoms with E-state index in [0.29, 0.717) is 28.2 Å². The molecule has 5 nitrogen and oxygen atoms in total. The number of ketones is 1. The maximum Gasteiger partial charge on any atom is 0.262 e. The predicted octanol–water partition coefficient (Wildman–Crippen LogP) is 4.36. The summed E-state index contributed by atoms with van der Waals surface area (Å²) in [5, 5.41) is 1.13. The van der Waals surface area contributed by atoms with Crippen molar-refractivity contribution in [3.8, 4) is 0 Å². The quantitative estimate of drug-likeness (QED) is 0.295. The number of Topliss-reactive ketones (excluding diaryl/α,β-unsaturated/α-hetero) is 1. The van der Waals surface area contributed by atoms with E-state index >= 15 is 0 Å². The van der Waals surface area contributed by atoms with Crippen LogP contribution in [0.3, 0.4) is 0 Å². The molecule has 29 heavy (non-hydrogen) atoms. The first-order valence-electron chi connectivity index (χ1n) is 9.38. The second kappa shape index (κ2) is 8.09. The molecule has 2 aromatic carbocycles. The molecule has 0 saturated heterocycles. The van der Waals surface area contributed by atoms with Crippen molar-refractivity contribution in [3.63, 3.8) is 0 Å². The molecule has 0 amide bonds. The second-order valence-corrected chi connectivity index (χ2v) is 7.93. The molecule has 0 aliphatic carbocycles. The number of thioether (sulfide) groups is 1. The third-order valence-corrected chi connectivity index (χ3v) is 5.77. The summed E-state index contributed by atoms with van der Waals surface area (Å²) in [6.07, 6.45) is 0. The molecule has 4 aromatic rings. The van der Waals surface area contributed by atoms with Gasteiger partial charge in [-0.25, -0.2) is 4.98 Å². The number of nitrogens with one attached hydrogen (secondary N) is 1. The van der Waals surface area contributed by atoms with Gasteiger partial charge in [0.2, 0.25) is 0 Å². The van der Waals surface area contributed by atoms with Crippen molar-refractivity contribution in [2.75, 3.05) is 5.75 Å². The van der Waals surface area contributed by atoms with E-state index in [1.54, 1.807) is 10.6 Å². The van der Waals surface area contributed by atoms with E-state index in [2.05, 4.69) is 4.98 Å². The van der Waals surface area contributed by atoms with Crippen LogP contribution in [-0.2, 0) is 6.54 Å². The number of aromatic amines is 1. The summed E-state index contributed by atoms with van der Waals surface area (Å²) < 4.78 is 1.66. The number of aromatic nitrogens is 3. The Morgan fingerprint density at radius 3 is 2.52 bits per heavy atom. The van der Waals surface area contributed by atoms with Crippen LogP contribution < -0.4 is 5.56 Å². The highest BCUT2D eigenvalue weighted by Gasteiger charge is 2.16. The molecule has 146 valence electrons. The zero-order valence-corrected chi connectivity index (χ0v) is 17.1. The fraction of sp³-hybridized carbons (Fsp3) is 0.174. The molecule has 2 heterocycles. The number of benzene rings is 2. The summed E-state index contributed by atoms with van der Waals surface area (Å²) in [5.41, 5.74) is 4.07. The van der Waals surface area contributed by atoms with Crippen LogP contribution >= 0.6 is 11.8 Å². The van der Waals surface area contributed by atoms with Gasteiger partial charge < -0.3 is 4.98 Å². The minimum Gasteiger partial charge on any atom is -0.362 e. The molecule has 0 unspecified atom stereocenters. The van der Waals surface area contributed by atoms with Crippen molar-refractivity contribution < 1.29 is 4.79 Å². The first kappa shape index (κ1) is 19.2. The summed E-state index contributed by atoms with van der Waals surface area (Å²) >= 11 is 1.30. The van der Waals surface area contributed by atoms with E-state index < -0.39 is 0 Å². The van der Waals surface area contributed by atoms with Crippen molar-refractivity contribution in [1.82, 2.24) is 14.5 Å². The Hall–Kier alpha value is -3.12. The van der Waals surface area contributed by atoms with Crippen molar-refractivity contribution in [1.29, 1.82) is 0 Å². The van der Waals surface area contributed by atoms with Crippen LogP contribution in [0.25, 0.3) is 10.9 Å². The third-order valence-electron chi connectivity index (χ3n) is 4.79. The molecule has 0 radical (unpaired) electrons. The number of nitrogens with zero attached hydrogens (tertiary/aromatic N) is 2. The van der Waals surface area contributed by atoms with E-state index in [9.17, 15) is 9.59 Å². The topological polar surface area (TPSA) is 67.8 Å². The molecule has 1 N–H and O–H groups in total. The Bertz CT molecular complexity index is 1240. The summed E-state index contributed by atoms with van der Waals surface area (Å²) in [5.74, 6) is 0.239. The molecular weight excluding hydrogens is 382 g/mol. The van der Waals surface area contributed by atoms with E-state index in [1.165, 1.54) is 11.8 Å². The maximum atomic E-state index is 13.1. The largest absolute Gasteiger partial charge is 0.362 e. The van der Waals surface area contributed by atoms with Crippen molar-refractivity contribution >= 4 is 28.4 Å². The maximum absolute atomic E-state index is 13.1. The number of fused-ring (bicyclic) bond motifs is 1. The van der Waals surface area contributed by atoms with Gasteiger partial charge in [0.15, 0.2) is 10.9 Å². The van der Waals surface area contributed by atoms with Crippen LogP contribution in [0.5, 0.6) is 0 Å². The first-order chi connectivity index (χ1) is 14.0. The summed E-state index contributed by atoms with van der Waals surface area (Å²) in [4.78, 5) is 33.7. The van der Waals surface area contributed by atoms with E-state index in [1.807, 2.05) is 68.4 Å². The van der Waals surface area contributed by atoms with Gasteiger partial charge in [-0.3, -0.25) is 14.2 Å². The molecule has 0 bridgehead atoms. The number of hydrogen-bond acceptors (Lipinski definition) is 4. The fourth-order valence-electron chi connectivity index (χ4n) is 3.38. The van der Waals surface area contributed by atoms with E-state index in [0.717, 1.165) is 17.0 Å². The summed E-state index contributed by atoms with van der Waals surface area (Å²) in [6, 6.07) is 19.0. The molecule has 0 aliphatic heterocycles. The number of carbonyl (C=O) groups is 1. The Kier molecular flexibility index (Phi) is 5.36. The lowest BCUT2D eigenvalue weighted by molar-refractivity contribution is 0.102. The van der Waals surface area contributed by atoms with Gasteiger partial charge in [0.25, 0.3) is 5.56 Å². The summed E-state index contributed by atoms with van der Waals surface area (Å²) in [7, 11) is 0. The average Bonchev–Trinajstić information content (AvgIpc) is 3.07. The summed E-state index contributed by atoms with van der Waals surface area (Å²) in [6.45, 7) is 4.24. The molecule has 0 saturated carbocycles.